The fourth-order valence-corrected chi connectivity index (χ4v) is 5.14. The lowest BCUT2D eigenvalue weighted by Crippen LogP contribution is -2.41. The lowest BCUT2D eigenvalue weighted by molar-refractivity contribution is 0.0612. The van der Waals surface area contributed by atoms with Gasteiger partial charge >= 0.3 is 0 Å². The van der Waals surface area contributed by atoms with Crippen LogP contribution < -0.4 is 4.72 Å². The van der Waals surface area contributed by atoms with E-state index in [-0.39, 0.29) is 23.2 Å². The van der Waals surface area contributed by atoms with Crippen molar-refractivity contribution in [1.29, 1.82) is 0 Å². The first-order valence-electron chi connectivity index (χ1n) is 11.2. The van der Waals surface area contributed by atoms with Gasteiger partial charge in [0.2, 0.25) is 10.0 Å². The number of nitrogens with zero attached hydrogens (tertiary/aromatic N) is 4. The van der Waals surface area contributed by atoms with Crippen molar-refractivity contribution in [1.82, 2.24) is 14.5 Å². The Morgan fingerprint density at radius 2 is 1.91 bits per heavy atom. The maximum absolute atomic E-state index is 13.6. The zero-order chi connectivity index (χ0) is 23.8. The number of aryl methyl sites for hydroxylation is 1. The molecular weight excluding hydrogens is 462 g/mol. The van der Waals surface area contributed by atoms with Gasteiger partial charge in [-0.25, -0.2) is 13.1 Å². The zero-order valence-electron chi connectivity index (χ0n) is 19.2. The Balaban J connectivity index is 1.64. The van der Waals surface area contributed by atoms with Crippen molar-refractivity contribution >= 4 is 39.1 Å². The summed E-state index contributed by atoms with van der Waals surface area (Å²) in [5.74, 6) is 0.748. The number of rotatable bonds is 5. The van der Waals surface area contributed by atoms with Crippen LogP contribution in [0.15, 0.2) is 35.6 Å². The number of hydrogen-bond acceptors (Lipinski definition) is 4. The SMILES string of the molecule is C/C(=N\n1cc([C@@H]2CCCCN2C(=O)c2cc(Cl)ccc2NS(C)(=O)=O)cc1C)N1CCC1. The van der Waals surface area contributed by atoms with Gasteiger partial charge in [-0.2, -0.15) is 5.10 Å². The Labute approximate surface area is 200 Å². The molecule has 0 radical (unpaired) electrons. The van der Waals surface area contributed by atoms with Gasteiger partial charge in [-0.3, -0.25) is 9.52 Å². The lowest BCUT2D eigenvalue weighted by Gasteiger charge is -2.36. The highest BCUT2D eigenvalue weighted by Gasteiger charge is 2.31. The number of likely N-dealkylation sites (tertiary alicyclic amines) is 2. The smallest absolute Gasteiger partial charge is 0.256 e. The number of sulfonamides is 1. The van der Waals surface area contributed by atoms with E-state index in [2.05, 4.69) is 15.7 Å². The summed E-state index contributed by atoms with van der Waals surface area (Å²) in [7, 11) is -3.55. The summed E-state index contributed by atoms with van der Waals surface area (Å²) in [6.07, 6.45) is 7.00. The normalized spacial score (nSPS) is 19.4. The molecule has 1 atom stereocenters. The fourth-order valence-electron chi connectivity index (χ4n) is 4.39. The average molecular weight is 492 g/mol. The van der Waals surface area contributed by atoms with Crippen molar-refractivity contribution in [3.8, 4) is 0 Å². The van der Waals surface area contributed by atoms with Crippen LogP contribution in [0, 0.1) is 6.92 Å². The molecule has 1 aromatic heterocycles. The monoisotopic (exact) mass is 491 g/mol. The first-order chi connectivity index (χ1) is 15.6. The highest BCUT2D eigenvalue weighted by atomic mass is 35.5. The number of carbonyl (C=O) groups is 1. The number of anilines is 1. The van der Waals surface area contributed by atoms with Crippen molar-refractivity contribution in [3.63, 3.8) is 0 Å². The van der Waals surface area contributed by atoms with Crippen LogP contribution in [-0.2, 0) is 10.0 Å². The van der Waals surface area contributed by atoms with Crippen molar-refractivity contribution in [2.24, 2.45) is 5.10 Å². The molecule has 2 aliphatic rings. The molecule has 1 N–H and O–H groups in total. The number of nitrogens with one attached hydrogen (secondary N) is 1. The number of carbonyl (C=O) groups excluding carboxylic acids is 1. The summed E-state index contributed by atoms with van der Waals surface area (Å²) >= 11 is 6.17. The van der Waals surface area contributed by atoms with Crippen molar-refractivity contribution in [2.45, 2.75) is 45.6 Å². The van der Waals surface area contributed by atoms with E-state index in [0.717, 1.165) is 55.7 Å². The molecule has 178 valence electrons. The molecule has 10 heteroatoms. The van der Waals surface area contributed by atoms with Crippen LogP contribution in [0.5, 0.6) is 0 Å². The van der Waals surface area contributed by atoms with Gasteiger partial charge < -0.3 is 9.80 Å². The third-order valence-electron chi connectivity index (χ3n) is 6.23. The minimum atomic E-state index is -3.55. The number of amides is 1. The summed E-state index contributed by atoms with van der Waals surface area (Å²) in [6, 6.07) is 6.60. The van der Waals surface area contributed by atoms with Gasteiger partial charge in [-0.15, -0.1) is 0 Å². The van der Waals surface area contributed by atoms with Gasteiger partial charge in [0.15, 0.2) is 0 Å². The van der Waals surface area contributed by atoms with E-state index in [0.29, 0.717) is 11.6 Å². The van der Waals surface area contributed by atoms with Crippen molar-refractivity contribution in [2.75, 3.05) is 30.6 Å². The molecule has 0 unspecified atom stereocenters. The average Bonchev–Trinajstić information content (AvgIpc) is 3.06. The number of benzene rings is 1. The summed E-state index contributed by atoms with van der Waals surface area (Å²) in [6.45, 7) is 6.70. The molecule has 2 saturated heterocycles. The Hall–Kier alpha value is -2.52. The second-order valence-corrected chi connectivity index (χ2v) is 11.0. The topological polar surface area (TPSA) is 87.0 Å². The molecule has 0 spiro atoms. The van der Waals surface area contributed by atoms with E-state index in [9.17, 15) is 13.2 Å². The van der Waals surface area contributed by atoms with Crippen LogP contribution in [0.4, 0.5) is 5.69 Å². The molecular formula is C23H30ClN5O3S. The minimum absolute atomic E-state index is 0.115. The summed E-state index contributed by atoms with van der Waals surface area (Å²) in [5, 5.41) is 5.13. The lowest BCUT2D eigenvalue weighted by atomic mass is 9.95. The van der Waals surface area contributed by atoms with Crippen LogP contribution in [0.2, 0.25) is 5.02 Å². The molecule has 1 aromatic carbocycles. The summed E-state index contributed by atoms with van der Waals surface area (Å²) < 4.78 is 28.0. The van der Waals surface area contributed by atoms with E-state index < -0.39 is 10.0 Å². The van der Waals surface area contributed by atoms with E-state index in [1.807, 2.05) is 29.6 Å². The molecule has 0 aliphatic carbocycles. The predicted octanol–water partition coefficient (Wildman–Crippen LogP) is 4.08. The number of hydrogen-bond donors (Lipinski definition) is 1. The van der Waals surface area contributed by atoms with Gasteiger partial charge in [0.1, 0.15) is 5.84 Å². The molecule has 2 aliphatic heterocycles. The highest BCUT2D eigenvalue weighted by molar-refractivity contribution is 7.92. The van der Waals surface area contributed by atoms with E-state index >= 15 is 0 Å². The van der Waals surface area contributed by atoms with Crippen molar-refractivity contribution < 1.29 is 13.2 Å². The Kier molecular flexibility index (Phi) is 6.72. The first kappa shape index (κ1) is 23.6. The fraction of sp³-hybridized carbons (Fsp3) is 0.478. The summed E-state index contributed by atoms with van der Waals surface area (Å²) in [4.78, 5) is 17.7. The molecule has 2 fully saturated rings. The number of amidine groups is 1. The Morgan fingerprint density at radius 1 is 1.15 bits per heavy atom. The standard InChI is InChI=1S/C23H30ClN5O3S/c1-16-13-18(15-29(16)25-17(2)27-10-6-11-27)22-7-4-5-12-28(22)23(30)20-14-19(24)8-9-21(20)26-33(3,31)32/h8-9,13-15,22,26H,4-7,10-12H2,1-3H3/b25-17+/t22-/m0/s1. The van der Waals surface area contributed by atoms with Crippen molar-refractivity contribution in [3.05, 3.63) is 52.3 Å². The van der Waals surface area contributed by atoms with Gasteiger partial charge in [0.05, 0.1) is 23.5 Å². The van der Waals surface area contributed by atoms with E-state index in [1.165, 1.54) is 18.6 Å². The molecule has 4 rings (SSSR count). The Bertz CT molecular complexity index is 1190. The second-order valence-electron chi connectivity index (χ2n) is 8.82. The van der Waals surface area contributed by atoms with E-state index in [4.69, 9.17) is 16.7 Å². The Morgan fingerprint density at radius 3 is 2.58 bits per heavy atom. The molecule has 0 saturated carbocycles. The van der Waals surface area contributed by atoms with Crippen LogP contribution in [0.1, 0.15) is 60.3 Å². The van der Waals surface area contributed by atoms with Gasteiger partial charge in [-0.1, -0.05) is 11.6 Å². The van der Waals surface area contributed by atoms with Gasteiger partial charge in [-0.05, 0) is 69.4 Å². The maximum Gasteiger partial charge on any atom is 0.256 e. The highest BCUT2D eigenvalue weighted by Crippen LogP contribution is 2.35. The number of piperidine rings is 1. The molecule has 3 heterocycles. The summed E-state index contributed by atoms with van der Waals surface area (Å²) in [5.41, 5.74) is 2.52. The maximum atomic E-state index is 13.6. The van der Waals surface area contributed by atoms with Crippen LogP contribution in [-0.4, -0.2) is 60.5 Å². The van der Waals surface area contributed by atoms with Gasteiger partial charge in [0.25, 0.3) is 5.91 Å². The van der Waals surface area contributed by atoms with E-state index in [1.54, 1.807) is 6.07 Å². The molecule has 8 nitrogen and oxygen atoms in total. The quantitative estimate of drug-likeness (QED) is 0.504. The minimum Gasteiger partial charge on any atom is -0.359 e. The number of aromatic nitrogens is 1. The molecule has 33 heavy (non-hydrogen) atoms. The third kappa shape index (κ3) is 5.35. The first-order valence-corrected chi connectivity index (χ1v) is 13.5. The van der Waals surface area contributed by atoms with Crippen LogP contribution in [0.25, 0.3) is 0 Å². The van der Waals surface area contributed by atoms with Crippen LogP contribution in [0.3, 0.4) is 0 Å². The van der Waals surface area contributed by atoms with Crippen LogP contribution >= 0.6 is 11.6 Å². The molecule has 1 amide bonds. The zero-order valence-corrected chi connectivity index (χ0v) is 20.8. The number of halogens is 1. The second kappa shape index (κ2) is 9.38. The predicted molar refractivity (Wildman–Crippen MR) is 131 cm³/mol. The third-order valence-corrected chi connectivity index (χ3v) is 7.06. The van der Waals surface area contributed by atoms with Gasteiger partial charge in [0, 0.05) is 36.5 Å². The molecule has 0 bridgehead atoms. The molecule has 2 aromatic rings. The largest absolute Gasteiger partial charge is 0.359 e.